The third kappa shape index (κ3) is 4.69. The molecule has 2 nitrogen and oxygen atoms in total. The van der Waals surface area contributed by atoms with Gasteiger partial charge in [-0.25, -0.2) is 0 Å². The molecule has 0 fully saturated rings. The van der Waals surface area contributed by atoms with Crippen LogP contribution in [0.5, 0.6) is 0 Å². The Balaban J connectivity index is 1.13. The first-order chi connectivity index (χ1) is 30.7. The molecule has 0 radical (unpaired) electrons. The lowest BCUT2D eigenvalue weighted by Crippen LogP contribution is -1.96. The maximum atomic E-state index is 6.35. The van der Waals surface area contributed by atoms with Crippen LogP contribution in [-0.2, 0) is 0 Å². The first kappa shape index (κ1) is 33.6. The summed E-state index contributed by atoms with van der Waals surface area (Å²) in [6.45, 7) is 0. The smallest absolute Gasteiger partial charge is 0.135 e. The average Bonchev–Trinajstić information content (AvgIpc) is 3.90. The van der Waals surface area contributed by atoms with Gasteiger partial charge in [-0.15, -0.1) is 0 Å². The van der Waals surface area contributed by atoms with Crippen molar-refractivity contribution in [1.29, 1.82) is 0 Å². The third-order valence-corrected chi connectivity index (χ3v) is 13.4. The standard InChI is InChI=1S/C60H34O2/c1-3-19-46-44(17-1)58(51-34-39-14-9-12-35-26-27-36-13-10-23-48(51)57(36)56(35)39)45-18-2-4-20-47(45)60(46)59-40(37-28-30-54-49(32-37)42-15-5-7-24-52(42)61-54)21-11-22-41(59)38-29-31-55-50(33-38)43-16-6-8-25-53(43)62-55/h1-34H. The fourth-order valence-electron chi connectivity index (χ4n) is 10.7. The van der Waals surface area contributed by atoms with Crippen LogP contribution in [0.4, 0.5) is 0 Å². The maximum Gasteiger partial charge on any atom is 0.135 e. The Morgan fingerprint density at radius 3 is 1.24 bits per heavy atom. The molecule has 0 unspecified atom stereocenters. The van der Waals surface area contributed by atoms with E-state index in [0.717, 1.165) is 66.1 Å². The second-order valence-corrected chi connectivity index (χ2v) is 16.7. The SMILES string of the molecule is c1cc(-c2ccc3oc4ccccc4c3c2)c(-c2c3ccccc3c(-c3cc4cccc5ccc6cccc3c6c54)c3ccccc23)c(-c2ccc3oc4ccccc4c3c2)c1. The monoisotopic (exact) mass is 786 g/mol. The highest BCUT2D eigenvalue weighted by Gasteiger charge is 2.24. The summed E-state index contributed by atoms with van der Waals surface area (Å²) in [5.41, 5.74) is 13.1. The first-order valence-electron chi connectivity index (χ1n) is 21.3. The number of benzene rings is 12. The van der Waals surface area contributed by atoms with Crippen LogP contribution in [0, 0.1) is 0 Å². The van der Waals surface area contributed by atoms with E-state index in [1.54, 1.807) is 0 Å². The number of para-hydroxylation sites is 2. The second kappa shape index (κ2) is 12.7. The molecule has 0 aliphatic heterocycles. The topological polar surface area (TPSA) is 26.3 Å². The van der Waals surface area contributed by atoms with Crippen LogP contribution < -0.4 is 0 Å². The summed E-state index contributed by atoms with van der Waals surface area (Å²) < 4.78 is 12.7. The number of rotatable bonds is 4. The van der Waals surface area contributed by atoms with E-state index >= 15 is 0 Å². The lowest BCUT2D eigenvalue weighted by atomic mass is 9.79. The van der Waals surface area contributed by atoms with Gasteiger partial charge in [0.05, 0.1) is 0 Å². The summed E-state index contributed by atoms with van der Waals surface area (Å²) in [7, 11) is 0. The molecule has 14 rings (SSSR count). The number of furan rings is 2. The van der Waals surface area contributed by atoms with Gasteiger partial charge in [0.25, 0.3) is 0 Å². The molecular formula is C60H34O2. The maximum absolute atomic E-state index is 6.35. The van der Waals surface area contributed by atoms with Gasteiger partial charge < -0.3 is 8.83 Å². The van der Waals surface area contributed by atoms with Crippen LogP contribution in [0.3, 0.4) is 0 Å². The van der Waals surface area contributed by atoms with Crippen molar-refractivity contribution in [2.45, 2.75) is 0 Å². The molecule has 0 N–H and O–H groups in total. The van der Waals surface area contributed by atoms with Gasteiger partial charge in [-0.2, -0.15) is 0 Å². The van der Waals surface area contributed by atoms with Crippen LogP contribution in [0.15, 0.2) is 215 Å². The van der Waals surface area contributed by atoms with E-state index in [1.807, 2.05) is 12.1 Å². The fraction of sp³-hybridized carbons (Fsp3) is 0. The zero-order valence-electron chi connectivity index (χ0n) is 33.4. The Kier molecular flexibility index (Phi) is 6.86. The minimum atomic E-state index is 0.887. The molecule has 0 bridgehead atoms. The Hall–Kier alpha value is -8.20. The number of hydrogen-bond donors (Lipinski definition) is 0. The lowest BCUT2D eigenvalue weighted by Gasteiger charge is -2.23. The summed E-state index contributed by atoms with van der Waals surface area (Å²) >= 11 is 0. The molecule has 14 aromatic rings. The van der Waals surface area contributed by atoms with Crippen LogP contribution in [-0.4, -0.2) is 0 Å². The molecule has 0 saturated carbocycles. The Labute approximate surface area is 355 Å². The summed E-state index contributed by atoms with van der Waals surface area (Å²) in [6, 6.07) is 75.5. The average molecular weight is 787 g/mol. The van der Waals surface area contributed by atoms with Gasteiger partial charge in [0.2, 0.25) is 0 Å². The van der Waals surface area contributed by atoms with E-state index < -0.39 is 0 Å². The van der Waals surface area contributed by atoms with Gasteiger partial charge in [-0.1, -0.05) is 164 Å². The largest absolute Gasteiger partial charge is 0.456 e. The molecule has 0 amide bonds. The fourth-order valence-corrected chi connectivity index (χ4v) is 10.7. The highest BCUT2D eigenvalue weighted by Crippen LogP contribution is 2.52. The number of hydrogen-bond acceptors (Lipinski definition) is 2. The predicted octanol–water partition coefficient (Wildman–Crippen LogP) is 17.4. The molecule has 12 aromatic carbocycles. The summed E-state index contributed by atoms with van der Waals surface area (Å²) in [4.78, 5) is 0. The van der Waals surface area contributed by atoms with Crippen molar-refractivity contribution in [1.82, 2.24) is 0 Å². The van der Waals surface area contributed by atoms with Crippen molar-refractivity contribution in [3.8, 4) is 44.5 Å². The molecule has 0 aliphatic carbocycles. The first-order valence-corrected chi connectivity index (χ1v) is 21.3. The van der Waals surface area contributed by atoms with Gasteiger partial charge in [0, 0.05) is 21.5 Å². The van der Waals surface area contributed by atoms with Crippen LogP contribution in [0.25, 0.3) is 142 Å². The molecule has 0 atom stereocenters. The van der Waals surface area contributed by atoms with Gasteiger partial charge >= 0.3 is 0 Å². The number of fused-ring (bicyclic) bond motifs is 8. The lowest BCUT2D eigenvalue weighted by molar-refractivity contribution is 0.668. The molecule has 2 heterocycles. The van der Waals surface area contributed by atoms with Gasteiger partial charge in [-0.05, 0) is 141 Å². The van der Waals surface area contributed by atoms with E-state index in [1.165, 1.54) is 76.1 Å². The second-order valence-electron chi connectivity index (χ2n) is 16.7. The third-order valence-electron chi connectivity index (χ3n) is 13.4. The van der Waals surface area contributed by atoms with E-state index in [0.29, 0.717) is 0 Å². The van der Waals surface area contributed by atoms with Gasteiger partial charge in [-0.3, -0.25) is 0 Å². The van der Waals surface area contributed by atoms with Crippen molar-refractivity contribution in [2.75, 3.05) is 0 Å². The summed E-state index contributed by atoms with van der Waals surface area (Å²) in [6.07, 6.45) is 0. The van der Waals surface area contributed by atoms with Crippen molar-refractivity contribution in [3.63, 3.8) is 0 Å². The molecule has 2 aromatic heterocycles. The predicted molar refractivity (Wildman–Crippen MR) is 261 cm³/mol. The zero-order chi connectivity index (χ0) is 40.5. The molecule has 0 spiro atoms. The molecule has 286 valence electrons. The van der Waals surface area contributed by atoms with Crippen LogP contribution >= 0.6 is 0 Å². The van der Waals surface area contributed by atoms with Crippen molar-refractivity contribution in [2.24, 2.45) is 0 Å². The minimum absolute atomic E-state index is 0.887. The quantitative estimate of drug-likeness (QED) is 0.131. The molecule has 2 heteroatoms. The zero-order valence-corrected chi connectivity index (χ0v) is 33.4. The van der Waals surface area contributed by atoms with Gasteiger partial charge in [0.1, 0.15) is 22.3 Å². The van der Waals surface area contributed by atoms with E-state index in [4.69, 9.17) is 8.83 Å². The van der Waals surface area contributed by atoms with Crippen LogP contribution in [0.1, 0.15) is 0 Å². The minimum Gasteiger partial charge on any atom is -0.456 e. The van der Waals surface area contributed by atoms with Crippen molar-refractivity contribution < 1.29 is 8.83 Å². The van der Waals surface area contributed by atoms with Gasteiger partial charge in [0.15, 0.2) is 0 Å². The highest BCUT2D eigenvalue weighted by atomic mass is 16.3. The van der Waals surface area contributed by atoms with E-state index in [2.05, 4.69) is 194 Å². The Bertz CT molecular complexity index is 3970. The Morgan fingerprint density at radius 2 is 0.661 bits per heavy atom. The molecular weight excluding hydrogens is 753 g/mol. The van der Waals surface area contributed by atoms with Crippen molar-refractivity contribution in [3.05, 3.63) is 206 Å². The molecule has 0 aliphatic rings. The van der Waals surface area contributed by atoms with E-state index in [9.17, 15) is 0 Å². The molecule has 62 heavy (non-hydrogen) atoms. The Morgan fingerprint density at radius 1 is 0.226 bits per heavy atom. The van der Waals surface area contributed by atoms with Crippen molar-refractivity contribution >= 4 is 97.7 Å². The summed E-state index contributed by atoms with van der Waals surface area (Å²) in [5.74, 6) is 0. The normalized spacial score (nSPS) is 12.2. The summed E-state index contributed by atoms with van der Waals surface area (Å²) in [5, 5.41) is 17.1. The molecule has 0 saturated heterocycles. The highest BCUT2D eigenvalue weighted by molar-refractivity contribution is 6.31. The van der Waals surface area contributed by atoms with E-state index in [-0.39, 0.29) is 0 Å². The van der Waals surface area contributed by atoms with Crippen LogP contribution in [0.2, 0.25) is 0 Å².